The Morgan fingerprint density at radius 1 is 0.791 bits per heavy atom. The van der Waals surface area contributed by atoms with Crippen molar-refractivity contribution in [1.29, 1.82) is 0 Å². The van der Waals surface area contributed by atoms with Crippen LogP contribution < -0.4 is 0 Å². The van der Waals surface area contributed by atoms with Gasteiger partial charge >= 0.3 is 13.8 Å². The normalized spacial score (nSPS) is 23.9. The second-order valence-corrected chi connectivity index (χ2v) is 15.8. The molecule has 1 spiro atoms. The lowest BCUT2D eigenvalue weighted by Gasteiger charge is -2.47. The van der Waals surface area contributed by atoms with Crippen LogP contribution in [-0.2, 0) is 38.0 Å². The number of rotatable bonds is 10. The highest BCUT2D eigenvalue weighted by Crippen LogP contribution is 2.56. The number of benzene rings is 2. The van der Waals surface area contributed by atoms with Crippen molar-refractivity contribution >= 4 is 13.8 Å². The number of hydrogen-bond donors (Lipinski definition) is 0. The second-order valence-electron chi connectivity index (χ2n) is 14.3. The number of phosphoric ester groups is 1. The monoisotopic (exact) mass is 614 g/mol. The molecular weight excluding hydrogens is 565 g/mol. The maximum Gasteiger partial charge on any atom is 0.477 e. The molecule has 0 saturated carbocycles. The highest BCUT2D eigenvalue weighted by atomic mass is 31.2. The predicted molar refractivity (Wildman–Crippen MR) is 165 cm³/mol. The summed E-state index contributed by atoms with van der Waals surface area (Å²) in [5.74, 6) is -0.504. The van der Waals surface area contributed by atoms with Crippen LogP contribution in [0.15, 0.2) is 60.7 Å². The van der Waals surface area contributed by atoms with Crippen LogP contribution in [0.1, 0.15) is 91.2 Å². The van der Waals surface area contributed by atoms with Crippen LogP contribution in [0.4, 0.5) is 0 Å². The van der Waals surface area contributed by atoms with Gasteiger partial charge in [-0.2, -0.15) is 0 Å². The molecule has 8 nitrogen and oxygen atoms in total. The van der Waals surface area contributed by atoms with Gasteiger partial charge in [-0.25, -0.2) is 9.36 Å². The van der Waals surface area contributed by atoms with Crippen molar-refractivity contribution < 1.29 is 36.9 Å². The smallest absolute Gasteiger partial charge is 0.459 e. The fraction of sp³-hybridized carbons (Fsp3) is 0.618. The highest BCUT2D eigenvalue weighted by Gasteiger charge is 2.57. The molecule has 3 aliphatic heterocycles. The summed E-state index contributed by atoms with van der Waals surface area (Å²) in [7, 11) is -4.10. The molecule has 3 saturated heterocycles. The molecule has 43 heavy (non-hydrogen) atoms. The van der Waals surface area contributed by atoms with Gasteiger partial charge in [0.25, 0.3) is 0 Å². The number of quaternary nitrogens is 1. The number of hydrogen-bond acceptors (Lipinski definition) is 7. The molecule has 0 N–H and O–H groups in total. The first-order valence-corrected chi connectivity index (χ1v) is 17.2. The molecule has 9 heteroatoms. The van der Waals surface area contributed by atoms with Gasteiger partial charge in [-0.15, -0.1) is 0 Å². The van der Waals surface area contributed by atoms with Crippen molar-refractivity contribution in [1.82, 2.24) is 0 Å². The molecule has 2 aromatic carbocycles. The van der Waals surface area contributed by atoms with Gasteiger partial charge in [0.2, 0.25) is 5.60 Å². The molecule has 0 aromatic heterocycles. The van der Waals surface area contributed by atoms with Gasteiger partial charge in [-0.1, -0.05) is 60.7 Å². The molecule has 236 valence electrons. The lowest BCUT2D eigenvalue weighted by atomic mass is 9.85. The van der Waals surface area contributed by atoms with E-state index in [1.165, 1.54) is 43.3 Å². The number of piperidine rings is 1. The Morgan fingerprint density at radius 2 is 1.26 bits per heavy atom. The molecule has 2 bridgehead atoms. The highest BCUT2D eigenvalue weighted by molar-refractivity contribution is 7.48. The van der Waals surface area contributed by atoms with Crippen LogP contribution in [0.2, 0.25) is 0 Å². The van der Waals surface area contributed by atoms with Crippen LogP contribution in [0.25, 0.3) is 0 Å². The van der Waals surface area contributed by atoms with Crippen LogP contribution in [0, 0.1) is 0 Å². The Bertz CT molecular complexity index is 1210. The SMILES string of the molecule is CC(C)(C)OP(=O)(OCOC(C(=O)OC1CC2CCC(C1)[N+]21CCCC1)(c1ccccc1)c1ccccc1)OC(C)(C)C. The molecule has 3 fully saturated rings. The van der Waals surface area contributed by atoms with E-state index in [1.807, 2.05) is 60.7 Å². The summed E-state index contributed by atoms with van der Waals surface area (Å²) < 4.78 is 45.3. The van der Waals surface area contributed by atoms with Crippen LogP contribution in [-0.4, -0.2) is 59.7 Å². The fourth-order valence-corrected chi connectivity index (χ4v) is 9.10. The van der Waals surface area contributed by atoms with Crippen molar-refractivity contribution in [2.75, 3.05) is 19.9 Å². The molecule has 0 aliphatic carbocycles. The number of carbonyl (C=O) groups excluding carboxylic acids is 1. The zero-order valence-corrected chi connectivity index (χ0v) is 27.5. The van der Waals surface area contributed by atoms with E-state index in [-0.39, 0.29) is 6.10 Å². The summed E-state index contributed by atoms with van der Waals surface area (Å²) in [5.41, 5.74) is -2.09. The van der Waals surface area contributed by atoms with Crippen LogP contribution in [0.5, 0.6) is 0 Å². The Balaban J connectivity index is 1.44. The minimum absolute atomic E-state index is 0.190. The predicted octanol–water partition coefficient (Wildman–Crippen LogP) is 7.51. The van der Waals surface area contributed by atoms with Crippen molar-refractivity contribution in [2.45, 2.75) is 115 Å². The molecule has 3 aliphatic rings. The number of ether oxygens (including phenoxy) is 2. The minimum atomic E-state index is -4.10. The Labute approximate surface area is 257 Å². The third-order valence-corrected chi connectivity index (χ3v) is 10.9. The summed E-state index contributed by atoms with van der Waals surface area (Å²) in [6.45, 7) is 12.6. The van der Waals surface area contributed by atoms with Gasteiger partial charge in [0.15, 0.2) is 6.79 Å². The first-order chi connectivity index (χ1) is 20.2. The Hall–Kier alpha value is -2.06. The van der Waals surface area contributed by atoms with Gasteiger partial charge in [-0.05, 0) is 52.7 Å². The van der Waals surface area contributed by atoms with Crippen LogP contribution in [0.3, 0.4) is 0 Å². The molecule has 0 radical (unpaired) electrons. The number of phosphoric acid groups is 1. The molecule has 2 unspecified atom stereocenters. The van der Waals surface area contributed by atoms with Gasteiger partial charge < -0.3 is 14.0 Å². The zero-order valence-electron chi connectivity index (χ0n) is 26.6. The fourth-order valence-electron chi connectivity index (χ4n) is 7.44. The summed E-state index contributed by atoms with van der Waals surface area (Å²) in [6.07, 6.45) is 6.52. The molecular formula is C34H49NO7P+. The molecule has 5 rings (SSSR count). The van der Waals surface area contributed by atoms with Crippen molar-refractivity contribution in [3.8, 4) is 0 Å². The van der Waals surface area contributed by atoms with Gasteiger partial charge in [-0.3, -0.25) is 13.6 Å². The second kappa shape index (κ2) is 12.4. The first-order valence-electron chi connectivity index (χ1n) is 15.7. The summed E-state index contributed by atoms with van der Waals surface area (Å²) >= 11 is 0. The standard InChI is InChI=1S/C34H49NO7P/c1-32(2,3)41-43(37,42-33(4,5)6)39-25-38-34(26-15-9-7-10-16-26,27-17-11-8-12-18-27)31(36)40-30-23-28-19-20-29(24-30)35(28)21-13-14-22-35/h7-12,15-18,28-30H,13-14,19-25H2,1-6H3/q+1. The van der Waals surface area contributed by atoms with E-state index in [4.69, 9.17) is 23.0 Å². The Kier molecular flexibility index (Phi) is 9.31. The van der Waals surface area contributed by atoms with Crippen LogP contribution >= 0.6 is 7.82 Å². The first kappa shape index (κ1) is 32.3. The molecule has 3 heterocycles. The quantitative estimate of drug-likeness (QED) is 0.119. The zero-order chi connectivity index (χ0) is 30.9. The maximum absolute atomic E-state index is 14.6. The van der Waals surface area contributed by atoms with E-state index in [1.54, 1.807) is 41.5 Å². The van der Waals surface area contributed by atoms with E-state index in [0.717, 1.165) is 12.8 Å². The largest absolute Gasteiger partial charge is 0.477 e. The Morgan fingerprint density at radius 3 is 1.70 bits per heavy atom. The average molecular weight is 615 g/mol. The van der Waals surface area contributed by atoms with E-state index < -0.39 is 37.4 Å². The summed E-state index contributed by atoms with van der Waals surface area (Å²) in [6, 6.07) is 19.7. The summed E-state index contributed by atoms with van der Waals surface area (Å²) in [5, 5.41) is 0. The lowest BCUT2D eigenvalue weighted by Crippen LogP contribution is -2.60. The minimum Gasteiger partial charge on any atom is -0.459 e. The van der Waals surface area contributed by atoms with E-state index in [0.29, 0.717) is 23.2 Å². The van der Waals surface area contributed by atoms with Gasteiger partial charge in [0.1, 0.15) is 6.10 Å². The lowest BCUT2D eigenvalue weighted by molar-refractivity contribution is -0.956. The number of carbonyl (C=O) groups is 1. The topological polar surface area (TPSA) is 80.3 Å². The molecule has 0 amide bonds. The molecule has 2 atom stereocenters. The number of nitrogens with zero attached hydrogens (tertiary/aromatic N) is 1. The third kappa shape index (κ3) is 7.11. The van der Waals surface area contributed by atoms with Gasteiger partial charge in [0.05, 0.1) is 36.4 Å². The van der Waals surface area contributed by atoms with E-state index in [9.17, 15) is 9.36 Å². The third-order valence-electron chi connectivity index (χ3n) is 8.94. The molecule has 2 aromatic rings. The van der Waals surface area contributed by atoms with Crippen molar-refractivity contribution in [2.24, 2.45) is 0 Å². The average Bonchev–Trinajstić information content (AvgIpc) is 3.46. The summed E-state index contributed by atoms with van der Waals surface area (Å²) in [4.78, 5) is 14.6. The van der Waals surface area contributed by atoms with E-state index in [2.05, 4.69) is 0 Å². The van der Waals surface area contributed by atoms with Crippen molar-refractivity contribution in [3.63, 3.8) is 0 Å². The van der Waals surface area contributed by atoms with E-state index >= 15 is 0 Å². The number of esters is 1. The van der Waals surface area contributed by atoms with Gasteiger partial charge in [0, 0.05) is 38.5 Å². The van der Waals surface area contributed by atoms with Crippen molar-refractivity contribution in [3.05, 3.63) is 71.8 Å². The maximum atomic E-state index is 14.6.